The maximum absolute atomic E-state index is 12.1. The number of carbonyl (C=O) groups excluding carboxylic acids is 1. The average Bonchev–Trinajstić information content (AvgIpc) is 2.69. The van der Waals surface area contributed by atoms with Gasteiger partial charge in [-0.3, -0.25) is 9.79 Å². The summed E-state index contributed by atoms with van der Waals surface area (Å²) in [6.07, 6.45) is 7.82. The highest BCUT2D eigenvalue weighted by Crippen LogP contribution is 2.23. The van der Waals surface area contributed by atoms with E-state index >= 15 is 0 Å². The Morgan fingerprint density at radius 1 is 1.04 bits per heavy atom. The summed E-state index contributed by atoms with van der Waals surface area (Å²) >= 11 is 0. The Balaban J connectivity index is 0.00000364. The molecule has 1 aromatic carbocycles. The molecule has 27 heavy (non-hydrogen) atoms. The number of nitrogens with one attached hydrogen (secondary N) is 3. The minimum absolute atomic E-state index is 0. The van der Waals surface area contributed by atoms with Gasteiger partial charge in [0.25, 0.3) is 0 Å². The Bertz CT molecular complexity index is 544. The molecule has 152 valence electrons. The van der Waals surface area contributed by atoms with Gasteiger partial charge in [0.15, 0.2) is 5.96 Å². The van der Waals surface area contributed by atoms with Gasteiger partial charge in [-0.25, -0.2) is 0 Å². The monoisotopic (exact) mass is 486 g/mol. The number of rotatable bonds is 9. The zero-order valence-corrected chi connectivity index (χ0v) is 18.8. The van der Waals surface area contributed by atoms with Gasteiger partial charge in [-0.05, 0) is 38.2 Å². The lowest BCUT2D eigenvalue weighted by Gasteiger charge is -2.21. The number of hydrogen-bond acceptors (Lipinski definition) is 2. The van der Waals surface area contributed by atoms with Gasteiger partial charge in [0.05, 0.1) is 0 Å². The number of carbonyl (C=O) groups is 1. The molecular weight excluding hydrogens is 451 g/mol. The van der Waals surface area contributed by atoms with Gasteiger partial charge in [-0.1, -0.05) is 49.6 Å². The fourth-order valence-corrected chi connectivity index (χ4v) is 3.34. The van der Waals surface area contributed by atoms with Crippen molar-refractivity contribution >= 4 is 35.8 Å². The predicted molar refractivity (Wildman–Crippen MR) is 124 cm³/mol. The number of halogens is 1. The van der Waals surface area contributed by atoms with E-state index in [0.29, 0.717) is 13.1 Å². The topological polar surface area (TPSA) is 65.5 Å². The largest absolute Gasteiger partial charge is 0.357 e. The summed E-state index contributed by atoms with van der Waals surface area (Å²) in [5.41, 5.74) is 1.35. The van der Waals surface area contributed by atoms with Crippen LogP contribution >= 0.6 is 24.0 Å². The van der Waals surface area contributed by atoms with Crippen molar-refractivity contribution in [2.75, 3.05) is 26.2 Å². The van der Waals surface area contributed by atoms with Crippen molar-refractivity contribution in [1.82, 2.24) is 16.0 Å². The number of benzene rings is 1. The lowest BCUT2D eigenvalue weighted by Crippen LogP contribution is -2.42. The molecule has 1 aliphatic rings. The van der Waals surface area contributed by atoms with Crippen molar-refractivity contribution in [3.05, 3.63) is 35.9 Å². The molecule has 0 spiro atoms. The number of aliphatic imine (C=N–C) groups is 1. The summed E-state index contributed by atoms with van der Waals surface area (Å²) < 4.78 is 0. The average molecular weight is 486 g/mol. The number of hydrogen-bond donors (Lipinski definition) is 3. The van der Waals surface area contributed by atoms with E-state index in [0.717, 1.165) is 44.7 Å². The predicted octanol–water partition coefficient (Wildman–Crippen LogP) is 3.49. The molecule has 6 heteroatoms. The molecular formula is C21H35IN4O. The van der Waals surface area contributed by atoms with Crippen molar-refractivity contribution < 1.29 is 4.79 Å². The second kappa shape index (κ2) is 14.7. The number of aryl methyl sites for hydroxylation is 1. The summed E-state index contributed by atoms with van der Waals surface area (Å²) in [5, 5.41) is 9.62. The van der Waals surface area contributed by atoms with Crippen LogP contribution in [0.3, 0.4) is 0 Å². The first-order valence-electron chi connectivity index (χ1n) is 10.1. The van der Waals surface area contributed by atoms with Crippen LogP contribution in [0.1, 0.15) is 51.0 Å². The van der Waals surface area contributed by atoms with Crippen LogP contribution in [0.2, 0.25) is 0 Å². The summed E-state index contributed by atoms with van der Waals surface area (Å²) in [4.78, 5) is 16.7. The Morgan fingerprint density at radius 2 is 1.74 bits per heavy atom. The summed E-state index contributed by atoms with van der Waals surface area (Å²) in [6, 6.07) is 10.5. The molecule has 0 bridgehead atoms. The summed E-state index contributed by atoms with van der Waals surface area (Å²) in [7, 11) is 0. The molecule has 1 aliphatic carbocycles. The molecule has 0 unspecified atom stereocenters. The van der Waals surface area contributed by atoms with Gasteiger partial charge in [0.2, 0.25) is 5.91 Å². The van der Waals surface area contributed by atoms with Crippen molar-refractivity contribution in [3.63, 3.8) is 0 Å². The Hall–Kier alpha value is -1.31. The first-order valence-corrected chi connectivity index (χ1v) is 10.1. The molecule has 0 atom stereocenters. The molecule has 0 saturated heterocycles. The highest BCUT2D eigenvalue weighted by atomic mass is 127. The van der Waals surface area contributed by atoms with Crippen LogP contribution in [-0.4, -0.2) is 38.0 Å². The van der Waals surface area contributed by atoms with Gasteiger partial charge in [-0.15, -0.1) is 24.0 Å². The van der Waals surface area contributed by atoms with Gasteiger partial charge in [0, 0.05) is 32.1 Å². The first kappa shape index (κ1) is 23.7. The van der Waals surface area contributed by atoms with Crippen LogP contribution < -0.4 is 16.0 Å². The molecule has 0 radical (unpaired) electrons. The summed E-state index contributed by atoms with van der Waals surface area (Å²) in [5.74, 6) is 1.27. The fraction of sp³-hybridized carbons (Fsp3) is 0.619. The highest BCUT2D eigenvalue weighted by Gasteiger charge is 2.20. The number of guanidine groups is 1. The molecule has 1 aromatic rings. The third kappa shape index (κ3) is 9.98. The molecule has 2 rings (SSSR count). The van der Waals surface area contributed by atoms with E-state index in [-0.39, 0.29) is 35.8 Å². The molecule has 3 N–H and O–H groups in total. The molecule has 0 heterocycles. The van der Waals surface area contributed by atoms with Crippen molar-refractivity contribution in [2.45, 2.75) is 51.9 Å². The lowest BCUT2D eigenvalue weighted by atomic mass is 9.89. The fourth-order valence-electron chi connectivity index (χ4n) is 3.34. The molecule has 1 fully saturated rings. The normalized spacial score (nSPS) is 14.9. The van der Waals surface area contributed by atoms with Gasteiger partial charge < -0.3 is 16.0 Å². The third-order valence-electron chi connectivity index (χ3n) is 4.77. The zero-order chi connectivity index (χ0) is 18.5. The molecule has 0 aromatic heterocycles. The van der Waals surface area contributed by atoms with E-state index in [1.54, 1.807) is 0 Å². The SMILES string of the molecule is CCNC(=NCCCc1ccccc1)NCCNC(=O)C1CCCCC1.I. The summed E-state index contributed by atoms with van der Waals surface area (Å²) in [6.45, 7) is 5.02. The Morgan fingerprint density at radius 3 is 2.44 bits per heavy atom. The molecule has 1 saturated carbocycles. The Labute approximate surface area is 181 Å². The van der Waals surface area contributed by atoms with E-state index in [2.05, 4.69) is 52.1 Å². The van der Waals surface area contributed by atoms with E-state index in [1.165, 1.54) is 24.8 Å². The Kier molecular flexibility index (Phi) is 12.9. The van der Waals surface area contributed by atoms with Gasteiger partial charge in [-0.2, -0.15) is 0 Å². The standard InChI is InChI=1S/C21H34N4O.HI/c1-2-22-21(24-15-9-12-18-10-5-3-6-11-18)25-17-16-23-20(26)19-13-7-4-8-14-19;/h3,5-6,10-11,19H,2,4,7-9,12-17H2,1H3,(H,23,26)(H2,22,24,25);1H. The second-order valence-corrected chi connectivity index (χ2v) is 6.90. The minimum atomic E-state index is 0. The van der Waals surface area contributed by atoms with Crippen molar-refractivity contribution in [2.24, 2.45) is 10.9 Å². The van der Waals surface area contributed by atoms with Crippen LogP contribution in [0.15, 0.2) is 35.3 Å². The number of nitrogens with zero attached hydrogens (tertiary/aromatic N) is 1. The molecule has 5 nitrogen and oxygen atoms in total. The van der Waals surface area contributed by atoms with Crippen molar-refractivity contribution in [1.29, 1.82) is 0 Å². The quantitative estimate of drug-likeness (QED) is 0.217. The van der Waals surface area contributed by atoms with Crippen LogP contribution in [0, 0.1) is 5.92 Å². The van der Waals surface area contributed by atoms with E-state index in [9.17, 15) is 4.79 Å². The van der Waals surface area contributed by atoms with Gasteiger partial charge in [0.1, 0.15) is 0 Å². The smallest absolute Gasteiger partial charge is 0.223 e. The maximum Gasteiger partial charge on any atom is 0.223 e. The van der Waals surface area contributed by atoms with Crippen LogP contribution in [0.4, 0.5) is 0 Å². The van der Waals surface area contributed by atoms with E-state index in [1.807, 2.05) is 6.07 Å². The molecule has 0 aliphatic heterocycles. The van der Waals surface area contributed by atoms with Crippen molar-refractivity contribution in [3.8, 4) is 0 Å². The third-order valence-corrected chi connectivity index (χ3v) is 4.77. The van der Waals surface area contributed by atoms with E-state index < -0.39 is 0 Å². The van der Waals surface area contributed by atoms with E-state index in [4.69, 9.17) is 0 Å². The first-order chi connectivity index (χ1) is 12.8. The van der Waals surface area contributed by atoms with Crippen LogP contribution in [0.25, 0.3) is 0 Å². The minimum Gasteiger partial charge on any atom is -0.357 e. The van der Waals surface area contributed by atoms with Crippen LogP contribution in [0.5, 0.6) is 0 Å². The maximum atomic E-state index is 12.1. The lowest BCUT2D eigenvalue weighted by molar-refractivity contribution is -0.125. The molecule has 1 amide bonds. The zero-order valence-electron chi connectivity index (χ0n) is 16.5. The number of amides is 1. The second-order valence-electron chi connectivity index (χ2n) is 6.90. The highest BCUT2D eigenvalue weighted by molar-refractivity contribution is 14.0. The van der Waals surface area contributed by atoms with Crippen LogP contribution in [-0.2, 0) is 11.2 Å². The van der Waals surface area contributed by atoms with Gasteiger partial charge >= 0.3 is 0 Å².